The molecule has 0 aliphatic carbocycles. The van der Waals surface area contributed by atoms with Gasteiger partial charge in [-0.15, -0.1) is 0 Å². The number of rotatable bonds is 4. The first-order valence-corrected chi connectivity index (χ1v) is 8.71. The van der Waals surface area contributed by atoms with Crippen LogP contribution in [0.3, 0.4) is 0 Å². The second-order valence-electron chi connectivity index (χ2n) is 4.84. The van der Waals surface area contributed by atoms with Crippen LogP contribution < -0.4 is 4.72 Å². The molecule has 6 heteroatoms. The first kappa shape index (κ1) is 15.5. The summed E-state index contributed by atoms with van der Waals surface area (Å²) in [7, 11) is -3.71. The molecule has 1 aromatic heterocycles. The van der Waals surface area contributed by atoms with E-state index in [1.54, 1.807) is 36.4 Å². The zero-order chi connectivity index (χ0) is 16.3. The molecule has 0 spiro atoms. The number of hydrogen-bond donors (Lipinski definition) is 1. The standard InChI is InChI=1S/C17H13ClN2O2S/c18-17-16(7-4-12-19-17)20-23(21,22)15-10-8-14(9-11-15)13-5-2-1-3-6-13/h1-12,20H. The van der Waals surface area contributed by atoms with Crippen molar-refractivity contribution in [3.05, 3.63) is 78.1 Å². The fraction of sp³-hybridized carbons (Fsp3) is 0. The molecule has 3 rings (SSSR count). The van der Waals surface area contributed by atoms with E-state index < -0.39 is 10.0 Å². The monoisotopic (exact) mass is 344 g/mol. The Labute approximate surface area is 139 Å². The van der Waals surface area contributed by atoms with Crippen molar-refractivity contribution in [1.82, 2.24) is 4.98 Å². The van der Waals surface area contributed by atoms with Gasteiger partial charge in [-0.1, -0.05) is 54.1 Å². The lowest BCUT2D eigenvalue weighted by Gasteiger charge is -2.09. The molecular weight excluding hydrogens is 332 g/mol. The minimum atomic E-state index is -3.71. The van der Waals surface area contributed by atoms with Crippen molar-refractivity contribution in [3.8, 4) is 11.1 Å². The van der Waals surface area contributed by atoms with Crippen molar-refractivity contribution in [2.75, 3.05) is 4.72 Å². The van der Waals surface area contributed by atoms with Gasteiger partial charge in [0.15, 0.2) is 5.15 Å². The van der Waals surface area contributed by atoms with E-state index in [1.165, 1.54) is 6.20 Å². The fourth-order valence-electron chi connectivity index (χ4n) is 2.12. The largest absolute Gasteiger partial charge is 0.276 e. The van der Waals surface area contributed by atoms with Crippen LogP contribution in [0.4, 0.5) is 5.69 Å². The second-order valence-corrected chi connectivity index (χ2v) is 6.88. The third-order valence-electron chi connectivity index (χ3n) is 3.28. The van der Waals surface area contributed by atoms with Gasteiger partial charge in [-0.2, -0.15) is 0 Å². The Kier molecular flexibility index (Phi) is 4.32. The highest BCUT2D eigenvalue weighted by Gasteiger charge is 2.16. The summed E-state index contributed by atoms with van der Waals surface area (Å²) in [6, 6.07) is 19.6. The average Bonchev–Trinajstić information content (AvgIpc) is 2.58. The van der Waals surface area contributed by atoms with Gasteiger partial charge in [-0.05, 0) is 35.4 Å². The number of nitrogens with one attached hydrogen (secondary N) is 1. The zero-order valence-electron chi connectivity index (χ0n) is 12.0. The molecule has 23 heavy (non-hydrogen) atoms. The molecule has 4 nitrogen and oxygen atoms in total. The summed E-state index contributed by atoms with van der Waals surface area (Å²) in [4.78, 5) is 4.01. The van der Waals surface area contributed by atoms with Crippen LogP contribution in [-0.4, -0.2) is 13.4 Å². The van der Waals surface area contributed by atoms with Crippen LogP contribution in [-0.2, 0) is 10.0 Å². The van der Waals surface area contributed by atoms with E-state index in [9.17, 15) is 8.42 Å². The van der Waals surface area contributed by atoms with Crippen molar-refractivity contribution in [2.24, 2.45) is 0 Å². The number of benzene rings is 2. The molecule has 0 bridgehead atoms. The van der Waals surface area contributed by atoms with E-state index in [-0.39, 0.29) is 15.7 Å². The van der Waals surface area contributed by atoms with Gasteiger partial charge in [0.05, 0.1) is 10.6 Å². The van der Waals surface area contributed by atoms with Crippen molar-refractivity contribution >= 4 is 27.3 Å². The van der Waals surface area contributed by atoms with E-state index in [1.807, 2.05) is 30.3 Å². The number of pyridine rings is 1. The molecular formula is C17H13ClN2O2S. The average molecular weight is 345 g/mol. The molecule has 2 aromatic carbocycles. The molecule has 0 saturated heterocycles. The van der Waals surface area contributed by atoms with Gasteiger partial charge in [0.25, 0.3) is 10.0 Å². The van der Waals surface area contributed by atoms with Crippen LogP contribution in [0.15, 0.2) is 77.8 Å². The maximum Gasteiger partial charge on any atom is 0.261 e. The number of sulfonamides is 1. The fourth-order valence-corrected chi connectivity index (χ4v) is 3.41. The summed E-state index contributed by atoms with van der Waals surface area (Å²) in [5.41, 5.74) is 2.23. The molecule has 0 saturated carbocycles. The van der Waals surface area contributed by atoms with Gasteiger partial charge in [0.1, 0.15) is 0 Å². The maximum atomic E-state index is 12.4. The normalized spacial score (nSPS) is 11.2. The highest BCUT2D eigenvalue weighted by molar-refractivity contribution is 7.92. The molecule has 1 heterocycles. The molecule has 0 aliphatic heterocycles. The highest BCUT2D eigenvalue weighted by atomic mass is 35.5. The summed E-state index contributed by atoms with van der Waals surface area (Å²) >= 11 is 5.88. The van der Waals surface area contributed by atoms with Crippen molar-refractivity contribution < 1.29 is 8.42 Å². The summed E-state index contributed by atoms with van der Waals surface area (Å²) in [5.74, 6) is 0. The maximum absolute atomic E-state index is 12.4. The quantitative estimate of drug-likeness (QED) is 0.721. The molecule has 0 atom stereocenters. The van der Waals surface area contributed by atoms with Gasteiger partial charge in [0, 0.05) is 6.20 Å². The summed E-state index contributed by atoms with van der Waals surface area (Å²) in [6.45, 7) is 0. The van der Waals surface area contributed by atoms with Gasteiger partial charge >= 0.3 is 0 Å². The molecule has 116 valence electrons. The van der Waals surface area contributed by atoms with Crippen LogP contribution in [0, 0.1) is 0 Å². The third-order valence-corrected chi connectivity index (χ3v) is 4.96. The lowest BCUT2D eigenvalue weighted by atomic mass is 10.1. The predicted molar refractivity (Wildman–Crippen MR) is 91.9 cm³/mol. The van der Waals surface area contributed by atoms with Gasteiger partial charge < -0.3 is 0 Å². The zero-order valence-corrected chi connectivity index (χ0v) is 13.6. The van der Waals surface area contributed by atoms with E-state index in [2.05, 4.69) is 9.71 Å². The molecule has 0 fully saturated rings. The Bertz CT molecular complexity index is 911. The van der Waals surface area contributed by atoms with Crippen molar-refractivity contribution in [1.29, 1.82) is 0 Å². The Hall–Kier alpha value is -2.37. The van der Waals surface area contributed by atoms with E-state index in [4.69, 9.17) is 11.6 Å². The number of nitrogens with zero attached hydrogens (tertiary/aromatic N) is 1. The number of anilines is 1. The van der Waals surface area contributed by atoms with E-state index >= 15 is 0 Å². The molecule has 3 aromatic rings. The molecule has 0 unspecified atom stereocenters. The highest BCUT2D eigenvalue weighted by Crippen LogP contribution is 2.24. The number of aromatic nitrogens is 1. The third kappa shape index (κ3) is 3.52. The van der Waals surface area contributed by atoms with Gasteiger partial charge in [-0.25, -0.2) is 13.4 Å². The van der Waals surface area contributed by atoms with Crippen LogP contribution in [0.2, 0.25) is 5.15 Å². The molecule has 0 radical (unpaired) electrons. The lowest BCUT2D eigenvalue weighted by Crippen LogP contribution is -2.13. The summed E-state index contributed by atoms with van der Waals surface area (Å²) in [6.07, 6.45) is 1.49. The predicted octanol–water partition coefficient (Wildman–Crippen LogP) is 4.20. The van der Waals surface area contributed by atoms with Crippen LogP contribution in [0.5, 0.6) is 0 Å². The minimum absolute atomic E-state index is 0.108. The first-order valence-electron chi connectivity index (χ1n) is 6.85. The summed E-state index contributed by atoms with van der Waals surface area (Å²) < 4.78 is 27.2. The van der Waals surface area contributed by atoms with E-state index in [0.717, 1.165) is 11.1 Å². The van der Waals surface area contributed by atoms with Crippen LogP contribution in [0.1, 0.15) is 0 Å². The molecule has 0 aliphatic rings. The summed E-state index contributed by atoms with van der Waals surface area (Å²) in [5, 5.41) is 0.108. The van der Waals surface area contributed by atoms with E-state index in [0.29, 0.717) is 0 Å². The van der Waals surface area contributed by atoms with Crippen molar-refractivity contribution in [3.63, 3.8) is 0 Å². The first-order chi connectivity index (χ1) is 11.1. The van der Waals surface area contributed by atoms with Crippen LogP contribution in [0.25, 0.3) is 11.1 Å². The number of hydrogen-bond acceptors (Lipinski definition) is 3. The van der Waals surface area contributed by atoms with Gasteiger partial charge in [-0.3, -0.25) is 4.72 Å². The minimum Gasteiger partial charge on any atom is -0.276 e. The SMILES string of the molecule is O=S(=O)(Nc1cccnc1Cl)c1ccc(-c2ccccc2)cc1. The topological polar surface area (TPSA) is 59.1 Å². The Balaban J connectivity index is 1.88. The lowest BCUT2D eigenvalue weighted by molar-refractivity contribution is 0.601. The molecule has 1 N–H and O–H groups in total. The number of halogens is 1. The Morgan fingerprint density at radius 3 is 2.13 bits per heavy atom. The molecule has 0 amide bonds. The van der Waals surface area contributed by atoms with Gasteiger partial charge in [0.2, 0.25) is 0 Å². The van der Waals surface area contributed by atoms with Crippen LogP contribution >= 0.6 is 11.6 Å². The smallest absolute Gasteiger partial charge is 0.261 e. The second kappa shape index (κ2) is 6.40. The Morgan fingerprint density at radius 2 is 1.48 bits per heavy atom. The van der Waals surface area contributed by atoms with Crippen molar-refractivity contribution in [2.45, 2.75) is 4.90 Å². The Morgan fingerprint density at radius 1 is 0.826 bits per heavy atom.